The number of nitrogens with one attached hydrogen (secondary N) is 1. The number of aryl methyl sites for hydroxylation is 1. The van der Waals surface area contributed by atoms with E-state index in [1.54, 1.807) is 13.8 Å². The van der Waals surface area contributed by atoms with Gasteiger partial charge in [0, 0.05) is 24.9 Å². The Kier molecular flexibility index (Phi) is 18.0. The van der Waals surface area contributed by atoms with E-state index >= 15 is 0 Å². The summed E-state index contributed by atoms with van der Waals surface area (Å²) >= 11 is 0. The van der Waals surface area contributed by atoms with Crippen molar-refractivity contribution in [2.24, 2.45) is 5.92 Å². The number of benzene rings is 1. The SMILES string of the molecule is CCc1ccc(OCCC(=O)F)cc1.CN/C=C/CCC(C)c1cc(O)c(C(=O)C(C)C)c(=O)o1.COC=O. The molecule has 1 aromatic carbocycles. The molecule has 0 amide bonds. The second-order valence-electron chi connectivity index (χ2n) is 8.67. The Morgan fingerprint density at radius 3 is 2.26 bits per heavy atom. The lowest BCUT2D eigenvalue weighted by Gasteiger charge is -2.11. The summed E-state index contributed by atoms with van der Waals surface area (Å²) in [5, 5.41) is 12.8. The molecule has 0 spiro atoms. The number of carbonyl (C=O) groups excluding carboxylic acids is 3. The minimum atomic E-state index is -1.34. The molecule has 2 aromatic rings. The van der Waals surface area contributed by atoms with Crippen molar-refractivity contribution in [3.05, 3.63) is 69.9 Å². The van der Waals surface area contributed by atoms with Gasteiger partial charge in [-0.15, -0.1) is 0 Å². The van der Waals surface area contributed by atoms with E-state index in [-0.39, 0.29) is 36.2 Å². The van der Waals surface area contributed by atoms with Gasteiger partial charge in [0.05, 0.1) is 20.1 Å². The molecule has 10 heteroatoms. The fourth-order valence-corrected chi connectivity index (χ4v) is 3.02. The molecule has 1 unspecified atom stereocenters. The molecule has 0 fully saturated rings. The van der Waals surface area contributed by atoms with Gasteiger partial charge in [0.1, 0.15) is 22.8 Å². The standard InChI is InChI=1S/C16H23NO4.C11H13FO2.C2H4O2/c1-10(2)15(19)14-12(18)9-13(21-16(14)20)11(3)7-5-6-8-17-4;1-2-9-3-5-10(6-4-9)14-8-7-11(12)13;1-4-2-3/h6,8-11,17-18H,5,7H2,1-4H3;3-6H,2,7-8H2,1H3;2H,1H3/b8-6+;;. The smallest absolute Gasteiger partial charge is 0.350 e. The van der Waals surface area contributed by atoms with Gasteiger partial charge >= 0.3 is 11.7 Å². The summed E-state index contributed by atoms with van der Waals surface area (Å²) in [6.07, 6.45) is 6.20. The maximum absolute atomic E-state index is 11.9. The Balaban J connectivity index is 0.000000689. The number of ether oxygens (including phenoxy) is 2. The summed E-state index contributed by atoms with van der Waals surface area (Å²) in [4.78, 5) is 42.7. The van der Waals surface area contributed by atoms with Crippen molar-refractivity contribution in [3.63, 3.8) is 0 Å². The van der Waals surface area contributed by atoms with E-state index in [1.165, 1.54) is 18.7 Å². The lowest BCUT2D eigenvalue weighted by Crippen LogP contribution is -2.19. The number of rotatable bonds is 13. The van der Waals surface area contributed by atoms with E-state index < -0.39 is 17.4 Å². The van der Waals surface area contributed by atoms with Gasteiger partial charge in [0.25, 0.3) is 6.47 Å². The Bertz CT molecular complexity index is 1090. The Labute approximate surface area is 229 Å². The third-order valence-electron chi connectivity index (χ3n) is 5.25. The molecule has 0 bridgehead atoms. The van der Waals surface area contributed by atoms with Gasteiger partial charge in [-0.1, -0.05) is 45.9 Å². The number of hydrogen-bond donors (Lipinski definition) is 2. The van der Waals surface area contributed by atoms with Crippen LogP contribution >= 0.6 is 0 Å². The largest absolute Gasteiger partial charge is 0.507 e. The number of allylic oxidation sites excluding steroid dienone is 1. The third kappa shape index (κ3) is 14.5. The highest BCUT2D eigenvalue weighted by Crippen LogP contribution is 2.25. The van der Waals surface area contributed by atoms with Crippen molar-refractivity contribution in [3.8, 4) is 11.5 Å². The highest BCUT2D eigenvalue weighted by Gasteiger charge is 2.22. The van der Waals surface area contributed by atoms with Gasteiger partial charge in [-0.3, -0.25) is 14.4 Å². The molecule has 216 valence electrons. The predicted octanol–water partition coefficient (Wildman–Crippen LogP) is 5.10. The quantitative estimate of drug-likeness (QED) is 0.199. The lowest BCUT2D eigenvalue weighted by atomic mass is 9.99. The maximum Gasteiger partial charge on any atom is 0.350 e. The average Bonchev–Trinajstić information content (AvgIpc) is 2.91. The van der Waals surface area contributed by atoms with Crippen LogP contribution in [0.2, 0.25) is 0 Å². The van der Waals surface area contributed by atoms with Crippen molar-refractivity contribution in [2.45, 2.75) is 59.3 Å². The molecule has 1 aromatic heterocycles. The maximum atomic E-state index is 11.9. The highest BCUT2D eigenvalue weighted by atomic mass is 19.1. The van der Waals surface area contributed by atoms with Gasteiger partial charge in [-0.2, -0.15) is 4.39 Å². The van der Waals surface area contributed by atoms with E-state index in [0.717, 1.165) is 19.3 Å². The van der Waals surface area contributed by atoms with E-state index in [9.17, 15) is 23.9 Å². The van der Waals surface area contributed by atoms with E-state index in [1.807, 2.05) is 50.5 Å². The fourth-order valence-electron chi connectivity index (χ4n) is 3.02. The number of aromatic hydroxyl groups is 1. The van der Waals surface area contributed by atoms with Crippen molar-refractivity contribution in [1.29, 1.82) is 0 Å². The summed E-state index contributed by atoms with van der Waals surface area (Å²) in [6.45, 7) is 7.80. The predicted molar refractivity (Wildman–Crippen MR) is 147 cm³/mol. The van der Waals surface area contributed by atoms with Gasteiger partial charge < -0.3 is 24.3 Å². The van der Waals surface area contributed by atoms with Crippen LogP contribution in [0.4, 0.5) is 4.39 Å². The van der Waals surface area contributed by atoms with Crippen molar-refractivity contribution >= 4 is 18.3 Å². The average molecular weight is 550 g/mol. The van der Waals surface area contributed by atoms with Crippen LogP contribution in [-0.4, -0.2) is 44.2 Å². The van der Waals surface area contributed by atoms with E-state index in [4.69, 9.17) is 13.9 Å². The molecule has 39 heavy (non-hydrogen) atoms. The van der Waals surface area contributed by atoms with Crippen LogP contribution in [-0.2, 0) is 20.7 Å². The van der Waals surface area contributed by atoms with Crippen LogP contribution in [0.1, 0.15) is 74.6 Å². The van der Waals surface area contributed by atoms with Crippen LogP contribution in [0.15, 0.2) is 51.8 Å². The van der Waals surface area contributed by atoms with Crippen LogP contribution in [0.3, 0.4) is 0 Å². The summed E-state index contributed by atoms with van der Waals surface area (Å²) in [6, 6.07) is 7.58. The highest BCUT2D eigenvalue weighted by molar-refractivity contribution is 5.99. The van der Waals surface area contributed by atoms with Crippen LogP contribution in [0, 0.1) is 5.92 Å². The van der Waals surface area contributed by atoms with E-state index in [2.05, 4.69) is 17.0 Å². The van der Waals surface area contributed by atoms with Gasteiger partial charge in [0.15, 0.2) is 5.78 Å². The van der Waals surface area contributed by atoms with E-state index in [0.29, 0.717) is 18.0 Å². The minimum Gasteiger partial charge on any atom is -0.507 e. The molecule has 1 heterocycles. The first-order chi connectivity index (χ1) is 18.5. The van der Waals surface area contributed by atoms with Gasteiger partial charge in [-0.25, -0.2) is 4.79 Å². The molecular weight excluding hydrogens is 509 g/mol. The number of methoxy groups -OCH3 is 1. The fraction of sp³-hybridized carbons (Fsp3) is 0.448. The molecule has 0 aliphatic rings. The minimum absolute atomic E-state index is 0.0201. The lowest BCUT2D eigenvalue weighted by molar-refractivity contribution is -0.129. The molecule has 2 N–H and O–H groups in total. The molecule has 0 aliphatic carbocycles. The van der Waals surface area contributed by atoms with Crippen molar-refractivity contribution < 1.29 is 37.8 Å². The number of carbonyl (C=O) groups is 3. The van der Waals surface area contributed by atoms with Gasteiger partial charge in [-0.05, 0) is 43.2 Å². The summed E-state index contributed by atoms with van der Waals surface area (Å²) in [5.74, 6) is -0.0175. The molecule has 1 atom stereocenters. The Hall–Kier alpha value is -3.95. The zero-order valence-electron chi connectivity index (χ0n) is 23.5. The van der Waals surface area contributed by atoms with Crippen molar-refractivity contribution in [1.82, 2.24) is 5.32 Å². The second kappa shape index (κ2) is 20.1. The molecule has 0 saturated heterocycles. The second-order valence-corrected chi connectivity index (χ2v) is 8.67. The topological polar surface area (TPSA) is 132 Å². The summed E-state index contributed by atoms with van der Waals surface area (Å²) in [7, 11) is 3.13. The zero-order chi connectivity index (χ0) is 29.8. The summed E-state index contributed by atoms with van der Waals surface area (Å²) < 4.78 is 26.0. The van der Waals surface area contributed by atoms with Crippen LogP contribution in [0.25, 0.3) is 0 Å². The van der Waals surface area contributed by atoms with Crippen molar-refractivity contribution in [2.75, 3.05) is 20.8 Å². The molecule has 2 rings (SSSR count). The number of Topliss-reactive ketones (excluding diaryl/α,β-unsaturated/α-hetero) is 1. The molecule has 0 aliphatic heterocycles. The Morgan fingerprint density at radius 1 is 1.18 bits per heavy atom. The van der Waals surface area contributed by atoms with Gasteiger partial charge in [0.2, 0.25) is 0 Å². The summed E-state index contributed by atoms with van der Waals surface area (Å²) in [5.41, 5.74) is 0.205. The molecule has 0 radical (unpaired) electrons. The molecular formula is C29H40FNO8. The van der Waals surface area contributed by atoms with Crippen LogP contribution in [0.5, 0.6) is 11.5 Å². The van der Waals surface area contributed by atoms with Crippen LogP contribution < -0.4 is 15.7 Å². The first kappa shape index (κ1) is 35.0. The first-order valence-electron chi connectivity index (χ1n) is 12.6. The Morgan fingerprint density at radius 2 is 1.79 bits per heavy atom. The molecule has 9 nitrogen and oxygen atoms in total. The number of halogens is 1. The number of hydrogen-bond acceptors (Lipinski definition) is 9. The monoisotopic (exact) mass is 549 g/mol. The first-order valence-corrected chi connectivity index (χ1v) is 12.6. The normalized spacial score (nSPS) is 11.0. The molecule has 0 saturated carbocycles. The third-order valence-corrected chi connectivity index (χ3v) is 5.25. The zero-order valence-corrected chi connectivity index (χ0v) is 23.5. The number of ketones is 1.